The summed E-state index contributed by atoms with van der Waals surface area (Å²) in [5.41, 5.74) is 1.18. The normalized spacial score (nSPS) is 17.8. The van der Waals surface area contributed by atoms with Gasteiger partial charge in [-0.05, 0) is 37.5 Å². The third-order valence-electron chi connectivity index (χ3n) is 4.43. The smallest absolute Gasteiger partial charge is 0.308 e. The van der Waals surface area contributed by atoms with E-state index in [0.29, 0.717) is 31.9 Å². The van der Waals surface area contributed by atoms with Crippen molar-refractivity contribution in [2.75, 3.05) is 19.7 Å². The van der Waals surface area contributed by atoms with Crippen LogP contribution in [0.1, 0.15) is 39.2 Å². The number of aryl methyl sites for hydroxylation is 1. The Balaban J connectivity index is 2.03. The molecule has 1 fully saturated rings. The van der Waals surface area contributed by atoms with Crippen molar-refractivity contribution < 1.29 is 23.9 Å². The molecule has 1 heterocycles. The van der Waals surface area contributed by atoms with Crippen LogP contribution >= 0.6 is 0 Å². The van der Waals surface area contributed by atoms with E-state index in [-0.39, 0.29) is 18.2 Å². The van der Waals surface area contributed by atoms with E-state index in [4.69, 9.17) is 9.47 Å². The molecule has 7 heteroatoms. The average molecular weight is 376 g/mol. The Hall–Kier alpha value is -2.57. The number of carbonyl (C=O) groups is 3. The van der Waals surface area contributed by atoms with Crippen molar-refractivity contribution in [1.29, 1.82) is 0 Å². The lowest BCUT2D eigenvalue weighted by atomic mass is 10.1. The van der Waals surface area contributed by atoms with Crippen LogP contribution in [0.15, 0.2) is 24.3 Å². The number of hydrogen-bond donors (Lipinski definition) is 1. The fraction of sp³-hybridized carbons (Fsp3) is 0.550. The van der Waals surface area contributed by atoms with E-state index in [1.54, 1.807) is 6.92 Å². The van der Waals surface area contributed by atoms with Gasteiger partial charge >= 0.3 is 5.97 Å². The molecule has 148 valence electrons. The molecule has 1 aromatic carbocycles. The van der Waals surface area contributed by atoms with Crippen molar-refractivity contribution in [2.45, 2.75) is 52.2 Å². The van der Waals surface area contributed by atoms with Crippen LogP contribution < -0.4 is 10.1 Å². The third-order valence-corrected chi connectivity index (χ3v) is 4.43. The van der Waals surface area contributed by atoms with Crippen molar-refractivity contribution in [3.8, 4) is 5.75 Å². The average Bonchev–Trinajstić information content (AvgIpc) is 2.68. The Morgan fingerprint density at radius 3 is 2.59 bits per heavy atom. The monoisotopic (exact) mass is 376 g/mol. The SMILES string of the molecule is CCCOC(=O)C[C@@H]1C(=O)NCCN1C(=O)[C@@H](C)Oc1ccc(CC)cc1. The zero-order chi connectivity index (χ0) is 19.8. The Morgan fingerprint density at radius 2 is 1.96 bits per heavy atom. The van der Waals surface area contributed by atoms with Crippen LogP contribution in [0.3, 0.4) is 0 Å². The molecule has 1 aliphatic rings. The van der Waals surface area contributed by atoms with Crippen molar-refractivity contribution in [1.82, 2.24) is 10.2 Å². The molecule has 0 aromatic heterocycles. The van der Waals surface area contributed by atoms with Crippen molar-refractivity contribution in [2.24, 2.45) is 0 Å². The zero-order valence-electron chi connectivity index (χ0n) is 16.2. The number of nitrogens with zero attached hydrogens (tertiary/aromatic N) is 1. The molecule has 2 amide bonds. The second kappa shape index (κ2) is 9.94. The summed E-state index contributed by atoms with van der Waals surface area (Å²) in [6.07, 6.45) is 0.702. The highest BCUT2D eigenvalue weighted by atomic mass is 16.5. The fourth-order valence-corrected chi connectivity index (χ4v) is 2.91. The van der Waals surface area contributed by atoms with E-state index in [9.17, 15) is 14.4 Å². The first-order valence-corrected chi connectivity index (χ1v) is 9.45. The van der Waals surface area contributed by atoms with E-state index >= 15 is 0 Å². The highest BCUT2D eigenvalue weighted by Gasteiger charge is 2.37. The van der Waals surface area contributed by atoms with E-state index in [2.05, 4.69) is 12.2 Å². The summed E-state index contributed by atoms with van der Waals surface area (Å²) in [6.45, 7) is 6.59. The molecule has 27 heavy (non-hydrogen) atoms. The molecule has 7 nitrogen and oxygen atoms in total. The summed E-state index contributed by atoms with van der Waals surface area (Å²) in [5.74, 6) is -0.561. The third kappa shape index (κ3) is 5.70. The summed E-state index contributed by atoms with van der Waals surface area (Å²) in [4.78, 5) is 38.4. The van der Waals surface area contributed by atoms with Crippen LogP contribution in [-0.2, 0) is 25.5 Å². The molecule has 2 atom stereocenters. The minimum Gasteiger partial charge on any atom is -0.481 e. The topological polar surface area (TPSA) is 84.9 Å². The highest BCUT2D eigenvalue weighted by molar-refractivity contribution is 5.93. The number of carbonyl (C=O) groups excluding carboxylic acids is 3. The molecule has 2 rings (SSSR count). The zero-order valence-corrected chi connectivity index (χ0v) is 16.2. The maximum atomic E-state index is 12.8. The Bertz CT molecular complexity index is 659. The van der Waals surface area contributed by atoms with E-state index in [1.165, 1.54) is 10.5 Å². The van der Waals surface area contributed by atoms with Gasteiger partial charge in [0.15, 0.2) is 6.10 Å². The maximum absolute atomic E-state index is 12.8. The summed E-state index contributed by atoms with van der Waals surface area (Å²) in [7, 11) is 0. The van der Waals surface area contributed by atoms with E-state index < -0.39 is 18.1 Å². The molecule has 1 saturated heterocycles. The summed E-state index contributed by atoms with van der Waals surface area (Å²) >= 11 is 0. The molecule has 0 spiro atoms. The van der Waals surface area contributed by atoms with Crippen LogP contribution in [0.25, 0.3) is 0 Å². The van der Waals surface area contributed by atoms with Gasteiger partial charge in [-0.3, -0.25) is 14.4 Å². The van der Waals surface area contributed by atoms with Crippen molar-refractivity contribution in [3.05, 3.63) is 29.8 Å². The summed E-state index contributed by atoms with van der Waals surface area (Å²) in [6, 6.07) is 6.68. The first kappa shape index (κ1) is 20.7. The largest absolute Gasteiger partial charge is 0.481 e. The number of benzene rings is 1. The van der Waals surface area contributed by atoms with Gasteiger partial charge in [0.05, 0.1) is 13.0 Å². The minimum atomic E-state index is -0.871. The minimum absolute atomic E-state index is 0.157. The number of hydrogen-bond acceptors (Lipinski definition) is 5. The van der Waals surface area contributed by atoms with Gasteiger partial charge in [0.1, 0.15) is 11.8 Å². The fourth-order valence-electron chi connectivity index (χ4n) is 2.91. The first-order chi connectivity index (χ1) is 13.0. The molecule has 1 aliphatic heterocycles. The van der Waals surface area contributed by atoms with Gasteiger partial charge in [-0.2, -0.15) is 0 Å². The van der Waals surface area contributed by atoms with Crippen LogP contribution in [-0.4, -0.2) is 54.5 Å². The van der Waals surface area contributed by atoms with Gasteiger partial charge in [0, 0.05) is 13.1 Å². The Kier molecular flexibility index (Phi) is 7.64. The van der Waals surface area contributed by atoms with Gasteiger partial charge in [-0.25, -0.2) is 0 Å². The molecular weight excluding hydrogens is 348 g/mol. The van der Waals surface area contributed by atoms with E-state index in [1.807, 2.05) is 31.2 Å². The maximum Gasteiger partial charge on any atom is 0.308 e. The van der Waals surface area contributed by atoms with E-state index in [0.717, 1.165) is 6.42 Å². The lowest BCUT2D eigenvalue weighted by molar-refractivity contribution is -0.154. The lowest BCUT2D eigenvalue weighted by Gasteiger charge is -2.36. The van der Waals surface area contributed by atoms with Gasteiger partial charge in [-0.1, -0.05) is 26.0 Å². The number of nitrogens with one attached hydrogen (secondary N) is 1. The quantitative estimate of drug-likeness (QED) is 0.698. The molecule has 0 aliphatic carbocycles. The summed E-state index contributed by atoms with van der Waals surface area (Å²) in [5, 5.41) is 2.70. The standard InChI is InChI=1S/C20H28N2O5/c1-4-12-26-18(23)13-17-19(24)21-10-11-22(17)20(25)14(3)27-16-8-6-15(5-2)7-9-16/h6-9,14,17H,4-5,10-13H2,1-3H3,(H,21,24)/t14-,17-/m1/s1. The molecule has 0 bridgehead atoms. The second-order valence-electron chi connectivity index (χ2n) is 6.52. The van der Waals surface area contributed by atoms with Gasteiger partial charge in [0.25, 0.3) is 5.91 Å². The number of piperazine rings is 1. The molecular formula is C20H28N2O5. The Morgan fingerprint density at radius 1 is 1.26 bits per heavy atom. The predicted octanol–water partition coefficient (Wildman–Crippen LogP) is 1.69. The van der Waals surface area contributed by atoms with Gasteiger partial charge in [-0.15, -0.1) is 0 Å². The van der Waals surface area contributed by atoms with Gasteiger partial charge in [0.2, 0.25) is 5.91 Å². The predicted molar refractivity (Wildman–Crippen MR) is 100 cm³/mol. The lowest BCUT2D eigenvalue weighted by Crippen LogP contribution is -2.60. The molecule has 0 unspecified atom stereocenters. The first-order valence-electron chi connectivity index (χ1n) is 9.45. The molecule has 1 N–H and O–H groups in total. The van der Waals surface area contributed by atoms with Gasteiger partial charge < -0.3 is 19.7 Å². The summed E-state index contributed by atoms with van der Waals surface area (Å²) < 4.78 is 10.8. The molecule has 1 aromatic rings. The molecule has 0 radical (unpaired) electrons. The van der Waals surface area contributed by atoms with Crippen LogP contribution in [0, 0.1) is 0 Å². The van der Waals surface area contributed by atoms with Crippen molar-refractivity contribution >= 4 is 17.8 Å². The highest BCUT2D eigenvalue weighted by Crippen LogP contribution is 2.17. The van der Waals surface area contributed by atoms with Crippen LogP contribution in [0.2, 0.25) is 0 Å². The van der Waals surface area contributed by atoms with Crippen LogP contribution in [0.4, 0.5) is 0 Å². The van der Waals surface area contributed by atoms with Crippen LogP contribution in [0.5, 0.6) is 5.75 Å². The number of rotatable bonds is 8. The second-order valence-corrected chi connectivity index (χ2v) is 6.52. The van der Waals surface area contributed by atoms with Crippen molar-refractivity contribution in [3.63, 3.8) is 0 Å². The number of amides is 2. The Labute approximate surface area is 160 Å². The number of esters is 1. The number of ether oxygens (including phenoxy) is 2. The molecule has 0 saturated carbocycles.